The van der Waals surface area contributed by atoms with E-state index in [0.29, 0.717) is 5.92 Å². The van der Waals surface area contributed by atoms with Gasteiger partial charge in [-0.1, -0.05) is 19.1 Å². The van der Waals surface area contributed by atoms with Crippen LogP contribution in [0.4, 0.5) is 5.69 Å². The maximum absolute atomic E-state index is 10.5. The molecule has 0 saturated carbocycles. The molecule has 0 spiro atoms. The van der Waals surface area contributed by atoms with Crippen LogP contribution in [0.15, 0.2) is 24.3 Å². The van der Waals surface area contributed by atoms with Crippen LogP contribution < -0.4 is 0 Å². The predicted octanol–water partition coefficient (Wildman–Crippen LogP) is 3.30. The van der Waals surface area contributed by atoms with Gasteiger partial charge < -0.3 is 0 Å². The quantitative estimate of drug-likeness (QED) is 0.340. The summed E-state index contributed by atoms with van der Waals surface area (Å²) in [6.07, 6.45) is 0.899. The lowest BCUT2D eigenvalue weighted by atomic mass is 9.98. The van der Waals surface area contributed by atoms with Gasteiger partial charge in [-0.05, 0) is 29.7 Å². The van der Waals surface area contributed by atoms with Crippen LogP contribution in [0.2, 0.25) is 0 Å². The SMILES string of the molecule is CC(CCSC#N)c1ccc([N+](=O)[O-])cc1. The van der Waals surface area contributed by atoms with Gasteiger partial charge in [-0.25, -0.2) is 0 Å². The molecule has 5 heteroatoms. The second kappa shape index (κ2) is 6.13. The van der Waals surface area contributed by atoms with Crippen LogP contribution in [0, 0.1) is 20.8 Å². The maximum atomic E-state index is 10.5. The van der Waals surface area contributed by atoms with Crippen LogP contribution in [0.3, 0.4) is 0 Å². The van der Waals surface area contributed by atoms with Crippen LogP contribution in [0.1, 0.15) is 24.8 Å². The monoisotopic (exact) mass is 236 g/mol. The average Bonchev–Trinajstić information content (AvgIpc) is 2.29. The van der Waals surface area contributed by atoms with Crippen molar-refractivity contribution in [3.63, 3.8) is 0 Å². The minimum Gasteiger partial charge on any atom is -0.258 e. The second-order valence-corrected chi connectivity index (χ2v) is 4.36. The van der Waals surface area contributed by atoms with Crippen molar-refractivity contribution < 1.29 is 4.92 Å². The lowest BCUT2D eigenvalue weighted by molar-refractivity contribution is -0.384. The molecule has 0 aliphatic rings. The Morgan fingerprint density at radius 1 is 1.50 bits per heavy atom. The van der Waals surface area contributed by atoms with E-state index in [1.54, 1.807) is 12.1 Å². The zero-order valence-corrected chi connectivity index (χ0v) is 9.74. The molecule has 0 radical (unpaired) electrons. The Morgan fingerprint density at radius 2 is 2.12 bits per heavy atom. The number of rotatable bonds is 5. The predicted molar refractivity (Wildman–Crippen MR) is 64.2 cm³/mol. The fraction of sp³-hybridized carbons (Fsp3) is 0.364. The summed E-state index contributed by atoms with van der Waals surface area (Å²) >= 11 is 1.24. The van der Waals surface area contributed by atoms with Gasteiger partial charge in [-0.15, -0.1) is 0 Å². The third-order valence-corrected chi connectivity index (χ3v) is 2.96. The average molecular weight is 236 g/mol. The first-order valence-corrected chi connectivity index (χ1v) is 5.89. The molecule has 84 valence electrons. The molecule has 1 rings (SSSR count). The highest BCUT2D eigenvalue weighted by atomic mass is 32.2. The Morgan fingerprint density at radius 3 is 2.62 bits per heavy atom. The Hall–Kier alpha value is -1.54. The molecule has 1 aromatic carbocycles. The molecule has 0 N–H and O–H groups in total. The zero-order chi connectivity index (χ0) is 12.0. The standard InChI is InChI=1S/C11H12N2O2S/c1-9(6-7-16-8-12)10-2-4-11(5-3-10)13(14)15/h2-5,9H,6-7H2,1H3. The van der Waals surface area contributed by atoms with E-state index in [2.05, 4.69) is 6.92 Å². The van der Waals surface area contributed by atoms with Gasteiger partial charge in [0.25, 0.3) is 5.69 Å². The van der Waals surface area contributed by atoms with Crippen LogP contribution in [-0.4, -0.2) is 10.7 Å². The molecule has 1 unspecified atom stereocenters. The van der Waals surface area contributed by atoms with Gasteiger partial charge in [0.05, 0.1) is 4.92 Å². The van der Waals surface area contributed by atoms with Crippen LogP contribution in [0.5, 0.6) is 0 Å². The number of nitrogens with zero attached hydrogens (tertiary/aromatic N) is 2. The molecular formula is C11H12N2O2S. The number of hydrogen-bond acceptors (Lipinski definition) is 4. The second-order valence-electron chi connectivity index (χ2n) is 3.48. The molecule has 1 aromatic rings. The van der Waals surface area contributed by atoms with E-state index < -0.39 is 4.92 Å². The molecule has 0 aromatic heterocycles. The van der Waals surface area contributed by atoms with Crippen molar-refractivity contribution in [1.29, 1.82) is 5.26 Å². The van der Waals surface area contributed by atoms with Gasteiger partial charge >= 0.3 is 0 Å². The Bertz CT molecular complexity index is 397. The minimum absolute atomic E-state index is 0.113. The van der Waals surface area contributed by atoms with Crippen molar-refractivity contribution >= 4 is 17.4 Å². The van der Waals surface area contributed by atoms with Crippen molar-refractivity contribution in [2.24, 2.45) is 0 Å². The number of nitro benzene ring substituents is 1. The summed E-state index contributed by atoms with van der Waals surface area (Å²) in [6.45, 7) is 2.05. The Balaban J connectivity index is 2.60. The number of thioether (sulfide) groups is 1. The van der Waals surface area contributed by atoms with Gasteiger partial charge in [-0.2, -0.15) is 5.26 Å². The lowest BCUT2D eigenvalue weighted by Crippen LogP contribution is -1.96. The summed E-state index contributed by atoms with van der Waals surface area (Å²) in [7, 11) is 0. The van der Waals surface area contributed by atoms with Crippen molar-refractivity contribution in [2.45, 2.75) is 19.3 Å². The smallest absolute Gasteiger partial charge is 0.258 e. The van der Waals surface area contributed by atoms with Crippen LogP contribution >= 0.6 is 11.8 Å². The summed E-state index contributed by atoms with van der Waals surface area (Å²) in [5.41, 5.74) is 1.19. The molecule has 0 amide bonds. The van der Waals surface area contributed by atoms with Gasteiger partial charge in [0, 0.05) is 17.9 Å². The first kappa shape index (κ1) is 12.5. The summed E-state index contributed by atoms with van der Waals surface area (Å²) in [5.74, 6) is 1.11. The van der Waals surface area contributed by atoms with Gasteiger partial charge in [0.2, 0.25) is 0 Å². The van der Waals surface area contributed by atoms with Crippen LogP contribution in [0.25, 0.3) is 0 Å². The highest BCUT2D eigenvalue weighted by molar-refractivity contribution is 8.03. The highest BCUT2D eigenvalue weighted by Gasteiger charge is 2.08. The highest BCUT2D eigenvalue weighted by Crippen LogP contribution is 2.23. The van der Waals surface area contributed by atoms with Crippen molar-refractivity contribution in [1.82, 2.24) is 0 Å². The molecular weight excluding hydrogens is 224 g/mol. The first-order valence-electron chi connectivity index (χ1n) is 4.90. The summed E-state index contributed by atoms with van der Waals surface area (Å²) < 4.78 is 0. The van der Waals surface area contributed by atoms with Gasteiger partial charge in [-0.3, -0.25) is 10.1 Å². The van der Waals surface area contributed by atoms with E-state index >= 15 is 0 Å². The number of non-ortho nitro benzene ring substituents is 1. The molecule has 1 atom stereocenters. The fourth-order valence-electron chi connectivity index (χ4n) is 1.37. The normalized spacial score (nSPS) is 11.8. The molecule has 4 nitrogen and oxygen atoms in total. The first-order chi connectivity index (χ1) is 7.65. The number of hydrogen-bond donors (Lipinski definition) is 0. The van der Waals surface area contributed by atoms with Crippen LogP contribution in [-0.2, 0) is 0 Å². The fourth-order valence-corrected chi connectivity index (χ4v) is 1.94. The molecule has 16 heavy (non-hydrogen) atoms. The van der Waals surface area contributed by atoms with Crippen molar-refractivity contribution in [2.75, 3.05) is 5.75 Å². The van der Waals surface area contributed by atoms with Gasteiger partial charge in [0.1, 0.15) is 5.40 Å². The van der Waals surface area contributed by atoms with Crippen molar-refractivity contribution in [3.05, 3.63) is 39.9 Å². The summed E-state index contributed by atoms with van der Waals surface area (Å²) in [5, 5.41) is 20.9. The summed E-state index contributed by atoms with van der Waals surface area (Å²) in [4.78, 5) is 10.1. The number of benzene rings is 1. The number of thiocyanates is 1. The number of nitriles is 1. The molecule has 0 aliphatic heterocycles. The van der Waals surface area contributed by atoms with E-state index in [9.17, 15) is 10.1 Å². The largest absolute Gasteiger partial charge is 0.269 e. The third kappa shape index (κ3) is 3.55. The van der Waals surface area contributed by atoms with Crippen molar-refractivity contribution in [3.8, 4) is 5.40 Å². The van der Waals surface area contributed by atoms with Gasteiger partial charge in [0.15, 0.2) is 0 Å². The molecule has 0 fully saturated rings. The Labute approximate surface area is 98.4 Å². The third-order valence-electron chi connectivity index (χ3n) is 2.39. The lowest BCUT2D eigenvalue weighted by Gasteiger charge is -2.09. The zero-order valence-electron chi connectivity index (χ0n) is 8.92. The Kier molecular flexibility index (Phi) is 4.80. The topological polar surface area (TPSA) is 66.9 Å². The van der Waals surface area contributed by atoms with E-state index in [-0.39, 0.29) is 5.69 Å². The van der Waals surface area contributed by atoms with E-state index in [0.717, 1.165) is 17.7 Å². The van der Waals surface area contributed by atoms with E-state index in [1.807, 2.05) is 5.40 Å². The summed E-state index contributed by atoms with van der Waals surface area (Å²) in [6, 6.07) is 6.59. The van der Waals surface area contributed by atoms with E-state index in [1.165, 1.54) is 23.9 Å². The minimum atomic E-state index is -0.403. The molecule has 0 aliphatic carbocycles. The molecule has 0 heterocycles. The maximum Gasteiger partial charge on any atom is 0.269 e. The van der Waals surface area contributed by atoms with E-state index in [4.69, 9.17) is 5.26 Å². The molecule has 0 saturated heterocycles. The number of nitro groups is 1. The molecule has 0 bridgehead atoms.